The van der Waals surface area contributed by atoms with E-state index >= 15 is 0 Å². The number of benzene rings is 1. The van der Waals surface area contributed by atoms with E-state index in [1.165, 1.54) is 25.7 Å². The number of nitrogens with one attached hydrogen (secondary N) is 1. The van der Waals surface area contributed by atoms with Gasteiger partial charge in [0, 0.05) is 31.4 Å². The molecule has 0 spiro atoms. The summed E-state index contributed by atoms with van der Waals surface area (Å²) in [5, 5.41) is 15.1. The first-order chi connectivity index (χ1) is 11.2. The zero-order chi connectivity index (χ0) is 16.2. The molecule has 1 aliphatic rings. The van der Waals surface area contributed by atoms with Gasteiger partial charge in [0.05, 0.1) is 16.0 Å². The zero-order valence-electron chi connectivity index (χ0n) is 13.4. The number of nitro groups is 1. The van der Waals surface area contributed by atoms with Gasteiger partial charge in [0.25, 0.3) is 5.69 Å². The first-order valence-corrected chi connectivity index (χ1v) is 8.13. The van der Waals surface area contributed by atoms with Crippen LogP contribution in [0.25, 0.3) is 10.9 Å². The molecule has 0 saturated heterocycles. The maximum Gasteiger partial charge on any atom is 0.278 e. The molecule has 1 aromatic heterocycles. The van der Waals surface area contributed by atoms with Gasteiger partial charge in [-0.3, -0.25) is 15.1 Å². The molecule has 1 aliphatic carbocycles. The number of fused-ring (bicyclic) bond motifs is 1. The van der Waals surface area contributed by atoms with Crippen molar-refractivity contribution in [2.24, 2.45) is 0 Å². The van der Waals surface area contributed by atoms with E-state index in [9.17, 15) is 10.1 Å². The van der Waals surface area contributed by atoms with Crippen LogP contribution in [0.5, 0.6) is 0 Å². The standard InChI is InChI=1S/C17H22N4O2/c1-20(13-5-2-3-6-13)12-11-18-15-8-9-16(21(22)23)14-7-4-10-19-17(14)15/h4,7-10,13,18H,2-3,5-6,11-12H2,1H3. The summed E-state index contributed by atoms with van der Waals surface area (Å²) in [6.07, 6.45) is 6.91. The van der Waals surface area contributed by atoms with E-state index in [0.29, 0.717) is 16.9 Å². The normalized spacial score (nSPS) is 15.4. The first kappa shape index (κ1) is 15.7. The molecular formula is C17H22N4O2. The van der Waals surface area contributed by atoms with Gasteiger partial charge in [0.15, 0.2) is 0 Å². The lowest BCUT2D eigenvalue weighted by Crippen LogP contribution is -2.33. The minimum Gasteiger partial charge on any atom is -0.382 e. The summed E-state index contributed by atoms with van der Waals surface area (Å²) in [6.45, 7) is 1.76. The van der Waals surface area contributed by atoms with Crippen LogP contribution in [0.15, 0.2) is 30.5 Å². The lowest BCUT2D eigenvalue weighted by Gasteiger charge is -2.24. The summed E-state index contributed by atoms with van der Waals surface area (Å²) in [7, 11) is 2.17. The average Bonchev–Trinajstić information content (AvgIpc) is 3.09. The topological polar surface area (TPSA) is 71.3 Å². The molecule has 0 radical (unpaired) electrons. The fourth-order valence-corrected chi connectivity index (χ4v) is 3.35. The number of pyridine rings is 1. The monoisotopic (exact) mass is 314 g/mol. The number of likely N-dealkylation sites (N-methyl/N-ethyl adjacent to an activating group) is 1. The molecule has 1 aromatic carbocycles. The lowest BCUT2D eigenvalue weighted by atomic mass is 10.1. The Morgan fingerprint density at radius 3 is 2.87 bits per heavy atom. The molecule has 6 nitrogen and oxygen atoms in total. The van der Waals surface area contributed by atoms with Gasteiger partial charge in [0.1, 0.15) is 5.52 Å². The fourth-order valence-electron chi connectivity index (χ4n) is 3.35. The Morgan fingerprint density at radius 2 is 2.13 bits per heavy atom. The van der Waals surface area contributed by atoms with Crippen molar-refractivity contribution in [2.45, 2.75) is 31.7 Å². The second-order valence-corrected chi connectivity index (χ2v) is 6.13. The van der Waals surface area contributed by atoms with Gasteiger partial charge in [-0.15, -0.1) is 0 Å². The molecule has 6 heteroatoms. The maximum atomic E-state index is 11.1. The van der Waals surface area contributed by atoms with Crippen LogP contribution < -0.4 is 5.32 Å². The molecule has 0 amide bonds. The van der Waals surface area contributed by atoms with Crippen LogP contribution in [0.1, 0.15) is 25.7 Å². The number of nitro benzene ring substituents is 1. The second-order valence-electron chi connectivity index (χ2n) is 6.13. The Balaban J connectivity index is 1.71. The summed E-state index contributed by atoms with van der Waals surface area (Å²) in [5.74, 6) is 0. The van der Waals surface area contributed by atoms with Crippen molar-refractivity contribution >= 4 is 22.3 Å². The smallest absolute Gasteiger partial charge is 0.278 e. The number of rotatable bonds is 6. The van der Waals surface area contributed by atoms with Gasteiger partial charge in [0.2, 0.25) is 0 Å². The van der Waals surface area contributed by atoms with Crippen LogP contribution in [0, 0.1) is 10.1 Å². The van der Waals surface area contributed by atoms with Crippen LogP contribution in [0.3, 0.4) is 0 Å². The maximum absolute atomic E-state index is 11.1. The van der Waals surface area contributed by atoms with Crippen LogP contribution >= 0.6 is 0 Å². The Labute approximate surface area is 135 Å². The fraction of sp³-hybridized carbons (Fsp3) is 0.471. The molecule has 0 unspecified atom stereocenters. The summed E-state index contributed by atoms with van der Waals surface area (Å²) in [6, 6.07) is 7.47. The minimum atomic E-state index is -0.359. The Kier molecular flexibility index (Phi) is 4.71. The van der Waals surface area contributed by atoms with Crippen molar-refractivity contribution in [3.05, 3.63) is 40.6 Å². The Bertz CT molecular complexity index is 698. The summed E-state index contributed by atoms with van der Waals surface area (Å²) >= 11 is 0. The number of non-ortho nitro benzene ring substituents is 1. The van der Waals surface area contributed by atoms with Gasteiger partial charge in [-0.25, -0.2) is 0 Å². The molecule has 0 bridgehead atoms. The average molecular weight is 314 g/mol. The third-order valence-electron chi connectivity index (χ3n) is 4.67. The van der Waals surface area contributed by atoms with Crippen molar-refractivity contribution in [1.82, 2.24) is 9.88 Å². The largest absolute Gasteiger partial charge is 0.382 e. The third kappa shape index (κ3) is 3.42. The molecule has 3 rings (SSSR count). The van der Waals surface area contributed by atoms with Crippen molar-refractivity contribution < 1.29 is 4.92 Å². The van der Waals surface area contributed by atoms with Crippen LogP contribution in [-0.4, -0.2) is 41.0 Å². The second kappa shape index (κ2) is 6.91. The van der Waals surface area contributed by atoms with Crippen molar-refractivity contribution in [2.75, 3.05) is 25.5 Å². The molecule has 1 heterocycles. The molecule has 1 N–H and O–H groups in total. The highest BCUT2D eigenvalue weighted by Gasteiger charge is 2.19. The number of aromatic nitrogens is 1. The van der Waals surface area contributed by atoms with Gasteiger partial charge >= 0.3 is 0 Å². The SMILES string of the molecule is CN(CCNc1ccc([N+](=O)[O-])c2cccnc12)C1CCCC1. The van der Waals surface area contributed by atoms with Crippen molar-refractivity contribution in [3.8, 4) is 0 Å². The quantitative estimate of drug-likeness (QED) is 0.653. The van der Waals surface area contributed by atoms with Crippen molar-refractivity contribution in [3.63, 3.8) is 0 Å². The van der Waals surface area contributed by atoms with E-state index in [-0.39, 0.29) is 10.6 Å². The van der Waals surface area contributed by atoms with E-state index in [4.69, 9.17) is 0 Å². The molecule has 1 saturated carbocycles. The molecule has 0 atom stereocenters. The molecular weight excluding hydrogens is 292 g/mol. The van der Waals surface area contributed by atoms with Gasteiger partial charge in [-0.05, 0) is 38.1 Å². The van der Waals surface area contributed by atoms with Gasteiger partial charge < -0.3 is 10.2 Å². The Morgan fingerprint density at radius 1 is 1.35 bits per heavy atom. The minimum absolute atomic E-state index is 0.0988. The van der Waals surface area contributed by atoms with E-state index < -0.39 is 0 Å². The van der Waals surface area contributed by atoms with Crippen molar-refractivity contribution in [1.29, 1.82) is 0 Å². The zero-order valence-corrected chi connectivity index (χ0v) is 13.4. The van der Waals surface area contributed by atoms with Crippen LogP contribution in [0.4, 0.5) is 11.4 Å². The molecule has 122 valence electrons. The predicted molar refractivity (Wildman–Crippen MR) is 91.8 cm³/mol. The Hall–Kier alpha value is -2.21. The summed E-state index contributed by atoms with van der Waals surface area (Å²) in [4.78, 5) is 17.5. The van der Waals surface area contributed by atoms with E-state index in [1.54, 1.807) is 30.5 Å². The summed E-state index contributed by atoms with van der Waals surface area (Å²) < 4.78 is 0. The van der Waals surface area contributed by atoms with E-state index in [1.807, 2.05) is 0 Å². The molecule has 2 aromatic rings. The third-order valence-corrected chi connectivity index (χ3v) is 4.67. The number of nitrogens with zero attached hydrogens (tertiary/aromatic N) is 3. The molecule has 1 fully saturated rings. The number of hydrogen-bond donors (Lipinski definition) is 1. The van der Waals surface area contributed by atoms with E-state index in [0.717, 1.165) is 18.8 Å². The van der Waals surface area contributed by atoms with Gasteiger partial charge in [-0.2, -0.15) is 0 Å². The van der Waals surface area contributed by atoms with Gasteiger partial charge in [-0.1, -0.05) is 12.8 Å². The first-order valence-electron chi connectivity index (χ1n) is 8.13. The highest BCUT2D eigenvalue weighted by molar-refractivity contribution is 5.96. The number of hydrogen-bond acceptors (Lipinski definition) is 5. The highest BCUT2D eigenvalue weighted by Crippen LogP contribution is 2.29. The highest BCUT2D eigenvalue weighted by atomic mass is 16.6. The molecule has 23 heavy (non-hydrogen) atoms. The predicted octanol–water partition coefficient (Wildman–Crippen LogP) is 3.43. The summed E-state index contributed by atoms with van der Waals surface area (Å²) in [5.41, 5.74) is 1.61. The molecule has 0 aliphatic heterocycles. The lowest BCUT2D eigenvalue weighted by molar-refractivity contribution is -0.383. The van der Waals surface area contributed by atoms with Crippen LogP contribution in [0.2, 0.25) is 0 Å². The number of anilines is 1. The van der Waals surface area contributed by atoms with Crippen LogP contribution in [-0.2, 0) is 0 Å². The van der Waals surface area contributed by atoms with E-state index in [2.05, 4.69) is 22.2 Å².